The number of aromatic nitrogens is 2. The van der Waals surface area contributed by atoms with E-state index in [1.165, 1.54) is 13.8 Å². The summed E-state index contributed by atoms with van der Waals surface area (Å²) in [4.78, 5) is 88.5. The Labute approximate surface area is 291 Å². The highest BCUT2D eigenvalue weighted by Gasteiger charge is 2.55. The van der Waals surface area contributed by atoms with E-state index in [0.29, 0.717) is 0 Å². The number of H-pyrrole nitrogens is 1. The van der Waals surface area contributed by atoms with Crippen LogP contribution in [0.2, 0.25) is 0 Å². The van der Waals surface area contributed by atoms with Crippen molar-refractivity contribution >= 4 is 29.9 Å². The molecule has 2 aromatic rings. The second kappa shape index (κ2) is 19.3. The van der Waals surface area contributed by atoms with E-state index in [0.717, 1.165) is 36.2 Å². The molecule has 0 saturated carbocycles. The fraction of sp³-hybridized carbons (Fsp3) is 0.531. The molecular weight excluding hydrogens is 678 g/mol. The molecule has 0 bridgehead atoms. The Bertz CT molecular complexity index is 1610. The number of rotatable bonds is 17. The van der Waals surface area contributed by atoms with E-state index in [1.54, 1.807) is 30.3 Å². The van der Waals surface area contributed by atoms with Crippen LogP contribution in [-0.2, 0) is 49.5 Å². The van der Waals surface area contributed by atoms with Crippen LogP contribution in [0.3, 0.4) is 0 Å². The molecule has 8 unspecified atom stereocenters. The van der Waals surface area contributed by atoms with E-state index in [-0.39, 0.29) is 32.7 Å². The summed E-state index contributed by atoms with van der Waals surface area (Å²) < 4.78 is 27.7. The van der Waals surface area contributed by atoms with Gasteiger partial charge in [-0.25, -0.2) is 9.59 Å². The number of aliphatic hydroxyl groups excluding tert-OH is 2. The van der Waals surface area contributed by atoms with Crippen LogP contribution in [0.5, 0.6) is 0 Å². The molecule has 2 heterocycles. The minimum Gasteiger partial charge on any atom is -0.465 e. The van der Waals surface area contributed by atoms with E-state index < -0.39 is 90.0 Å². The van der Waals surface area contributed by atoms with Crippen molar-refractivity contribution in [2.45, 2.75) is 89.6 Å². The molecule has 280 valence electrons. The van der Waals surface area contributed by atoms with Gasteiger partial charge in [0.1, 0.15) is 30.9 Å². The maximum atomic E-state index is 13.0. The molecule has 1 saturated heterocycles. The van der Waals surface area contributed by atoms with Gasteiger partial charge in [0.05, 0.1) is 12.7 Å². The molecule has 1 aromatic heterocycles. The van der Waals surface area contributed by atoms with Gasteiger partial charge in [0.2, 0.25) is 5.91 Å². The first-order valence-electron chi connectivity index (χ1n) is 16.1. The van der Waals surface area contributed by atoms with Gasteiger partial charge in [0.25, 0.3) is 5.56 Å². The summed E-state index contributed by atoms with van der Waals surface area (Å²) in [6, 6.07) is 6.96. The molecule has 8 atom stereocenters. The molecule has 0 aliphatic carbocycles. The van der Waals surface area contributed by atoms with Crippen molar-refractivity contribution in [3.8, 4) is 0 Å². The molecule has 0 spiro atoms. The zero-order valence-electron chi connectivity index (χ0n) is 28.4. The Hall–Kier alpha value is -5.11. The number of benzene rings is 1. The van der Waals surface area contributed by atoms with Gasteiger partial charge in [-0.05, 0) is 32.4 Å². The lowest BCUT2D eigenvalue weighted by Gasteiger charge is -2.30. The third kappa shape index (κ3) is 11.7. The lowest BCUT2D eigenvalue weighted by Crippen LogP contribution is -2.56. The second-order valence-corrected chi connectivity index (χ2v) is 11.4. The lowest BCUT2D eigenvalue weighted by molar-refractivity contribution is -0.168. The number of nitrogens with one attached hydrogen (secondary N) is 4. The van der Waals surface area contributed by atoms with Gasteiger partial charge in [-0.2, -0.15) is 0 Å². The quantitative estimate of drug-likeness (QED) is 0.0608. The van der Waals surface area contributed by atoms with Gasteiger partial charge in [-0.3, -0.25) is 33.5 Å². The highest BCUT2D eigenvalue weighted by atomic mass is 16.6. The number of ether oxygens (including phenoxy) is 5. The fourth-order valence-electron chi connectivity index (χ4n) is 5.16. The third-order valence-corrected chi connectivity index (χ3v) is 7.44. The maximum Gasteiger partial charge on any atom is 0.408 e. The van der Waals surface area contributed by atoms with Crippen molar-refractivity contribution < 1.29 is 57.9 Å². The van der Waals surface area contributed by atoms with Crippen molar-refractivity contribution in [1.82, 2.24) is 25.5 Å². The minimum atomic E-state index is -1.84. The number of alkyl carbamates (subject to hydrolysis) is 1. The number of hydrogen-bond donors (Lipinski definition) is 6. The standard InChI is InChI=1S/C32H43N5O14/c1-5-47-30(44)23(33-13-9-14-34-28(43)22(17(2)38)36-32(46)48-16-20-10-7-6-8-11-20)24(42)25-26(49-18(3)39)27(50-19(4)40)29(51-25)37-15-12-21(41)35-31(37)45/h6-8,10-12,15,17,22-27,29,33,38,42H,5,9,13-14,16H2,1-4H3,(H,34,43)(H,36,46)(H,35,41,45). The van der Waals surface area contributed by atoms with Crippen molar-refractivity contribution in [2.24, 2.45) is 0 Å². The second-order valence-electron chi connectivity index (χ2n) is 11.4. The number of carbonyl (C=O) groups excluding carboxylic acids is 5. The van der Waals surface area contributed by atoms with Crippen LogP contribution >= 0.6 is 0 Å². The number of aromatic amines is 1. The summed E-state index contributed by atoms with van der Waals surface area (Å²) in [6.45, 7) is 4.79. The molecule has 1 aliphatic heterocycles. The number of carbonyl (C=O) groups is 5. The average Bonchev–Trinajstić information content (AvgIpc) is 3.40. The molecule has 6 N–H and O–H groups in total. The highest BCUT2D eigenvalue weighted by molar-refractivity contribution is 5.86. The van der Waals surface area contributed by atoms with Crippen LogP contribution in [0.15, 0.2) is 52.2 Å². The lowest BCUT2D eigenvalue weighted by atomic mass is 9.98. The Morgan fingerprint density at radius 3 is 2.22 bits per heavy atom. The smallest absolute Gasteiger partial charge is 0.408 e. The van der Waals surface area contributed by atoms with Crippen molar-refractivity contribution in [1.29, 1.82) is 0 Å². The normalized spacial score (nSPS) is 20.6. The van der Waals surface area contributed by atoms with Crippen LogP contribution in [0, 0.1) is 0 Å². The van der Waals surface area contributed by atoms with Gasteiger partial charge < -0.3 is 49.8 Å². The van der Waals surface area contributed by atoms with Crippen LogP contribution < -0.4 is 27.2 Å². The average molecular weight is 722 g/mol. The minimum absolute atomic E-state index is 0.0107. The molecule has 19 nitrogen and oxygen atoms in total. The van der Waals surface area contributed by atoms with Crippen LogP contribution in [0.1, 0.15) is 45.9 Å². The predicted octanol–water partition coefficient (Wildman–Crippen LogP) is -1.64. The number of hydrogen-bond acceptors (Lipinski definition) is 15. The van der Waals surface area contributed by atoms with Gasteiger partial charge in [-0.1, -0.05) is 30.3 Å². The first-order chi connectivity index (χ1) is 24.2. The monoisotopic (exact) mass is 721 g/mol. The molecular formula is C32H43N5O14. The Kier molecular flexibility index (Phi) is 15.3. The van der Waals surface area contributed by atoms with E-state index in [1.807, 2.05) is 4.98 Å². The maximum absolute atomic E-state index is 13.0. The fourth-order valence-corrected chi connectivity index (χ4v) is 5.16. The molecule has 1 aliphatic rings. The molecule has 51 heavy (non-hydrogen) atoms. The van der Waals surface area contributed by atoms with E-state index in [9.17, 15) is 43.8 Å². The van der Waals surface area contributed by atoms with Gasteiger partial charge in [0.15, 0.2) is 18.4 Å². The number of aliphatic hydroxyl groups is 2. The first-order valence-corrected chi connectivity index (χ1v) is 16.1. The summed E-state index contributed by atoms with van der Waals surface area (Å²) in [5.41, 5.74) is -0.965. The summed E-state index contributed by atoms with van der Waals surface area (Å²) >= 11 is 0. The van der Waals surface area contributed by atoms with Crippen LogP contribution in [0.4, 0.5) is 4.79 Å². The molecule has 1 fully saturated rings. The van der Waals surface area contributed by atoms with Gasteiger partial charge >= 0.3 is 29.7 Å². The number of amides is 2. The Morgan fingerprint density at radius 2 is 1.61 bits per heavy atom. The third-order valence-electron chi connectivity index (χ3n) is 7.44. The van der Waals surface area contributed by atoms with Crippen molar-refractivity contribution in [3.05, 3.63) is 69.0 Å². The summed E-state index contributed by atoms with van der Waals surface area (Å²) in [5, 5.41) is 29.3. The topological polar surface area (TPSA) is 263 Å². The van der Waals surface area contributed by atoms with Gasteiger partial charge in [0, 0.05) is 32.7 Å². The largest absolute Gasteiger partial charge is 0.465 e. The van der Waals surface area contributed by atoms with Crippen LogP contribution in [0.25, 0.3) is 0 Å². The molecule has 1 aromatic carbocycles. The van der Waals surface area contributed by atoms with E-state index >= 15 is 0 Å². The molecule has 3 rings (SSSR count). The van der Waals surface area contributed by atoms with E-state index in [2.05, 4.69) is 16.0 Å². The first kappa shape index (κ1) is 40.3. The zero-order valence-corrected chi connectivity index (χ0v) is 28.4. The molecule has 2 amide bonds. The number of nitrogens with zero attached hydrogens (tertiary/aromatic N) is 1. The molecule has 0 radical (unpaired) electrons. The Balaban J connectivity index is 1.68. The Morgan fingerprint density at radius 1 is 0.941 bits per heavy atom. The van der Waals surface area contributed by atoms with Gasteiger partial charge in [-0.15, -0.1) is 0 Å². The SMILES string of the molecule is CCOC(=O)C(NCCCNC(=O)C(NC(=O)OCc1ccccc1)C(C)O)C(O)C1OC(n2ccc(=O)[nH]c2=O)C(OC(C)=O)C1OC(C)=O. The van der Waals surface area contributed by atoms with Crippen molar-refractivity contribution in [3.63, 3.8) is 0 Å². The van der Waals surface area contributed by atoms with E-state index in [4.69, 9.17) is 23.7 Å². The zero-order chi connectivity index (χ0) is 37.7. The van der Waals surface area contributed by atoms with Crippen LogP contribution in [-0.4, -0.2) is 112 Å². The predicted molar refractivity (Wildman–Crippen MR) is 174 cm³/mol. The summed E-state index contributed by atoms with van der Waals surface area (Å²) in [6.07, 6.45) is -8.94. The summed E-state index contributed by atoms with van der Waals surface area (Å²) in [5.74, 6) is -3.36. The number of esters is 3. The molecule has 19 heteroatoms. The van der Waals surface area contributed by atoms with Crippen molar-refractivity contribution in [2.75, 3.05) is 19.7 Å². The summed E-state index contributed by atoms with van der Waals surface area (Å²) in [7, 11) is 0. The highest BCUT2D eigenvalue weighted by Crippen LogP contribution is 2.35.